The molecule has 1 aromatic heterocycles. The first-order chi connectivity index (χ1) is 7.65. The molecule has 1 fully saturated rings. The normalized spacial score (nSPS) is 38.4. The predicted octanol–water partition coefficient (Wildman–Crippen LogP) is 3.88. The first kappa shape index (κ1) is 12.1. The van der Waals surface area contributed by atoms with Crippen LogP contribution in [0.25, 0.3) is 0 Å². The molecule has 0 aromatic carbocycles. The predicted molar refractivity (Wildman–Crippen MR) is 72.1 cm³/mol. The third-order valence-electron chi connectivity index (χ3n) is 4.51. The standard InChI is InChI=1S/C14H23NS/c1-5-14(4)12(11-8-7-9-16-11)10(3)13(14)15-6-2/h7-10,12-13,15H,5-6H2,1-4H3. The molecule has 1 aliphatic carbocycles. The maximum Gasteiger partial charge on any atom is 0.0159 e. The van der Waals surface area contributed by atoms with E-state index in [1.165, 1.54) is 6.42 Å². The smallest absolute Gasteiger partial charge is 0.0159 e. The number of hydrogen-bond acceptors (Lipinski definition) is 2. The van der Waals surface area contributed by atoms with E-state index < -0.39 is 0 Å². The molecule has 1 nitrogen and oxygen atoms in total. The molecule has 0 radical (unpaired) electrons. The summed E-state index contributed by atoms with van der Waals surface area (Å²) in [7, 11) is 0. The summed E-state index contributed by atoms with van der Waals surface area (Å²) < 4.78 is 0. The molecule has 1 aliphatic rings. The molecule has 4 atom stereocenters. The van der Waals surface area contributed by atoms with Gasteiger partial charge in [-0.2, -0.15) is 0 Å². The first-order valence-electron chi connectivity index (χ1n) is 6.42. The van der Waals surface area contributed by atoms with Gasteiger partial charge in [0.25, 0.3) is 0 Å². The SMILES string of the molecule is CCNC1C(C)C(c2cccs2)C1(C)CC. The van der Waals surface area contributed by atoms with Crippen LogP contribution in [0.15, 0.2) is 17.5 Å². The molecule has 0 spiro atoms. The van der Waals surface area contributed by atoms with Gasteiger partial charge in [-0.3, -0.25) is 0 Å². The van der Waals surface area contributed by atoms with E-state index in [2.05, 4.69) is 50.5 Å². The third kappa shape index (κ3) is 1.63. The van der Waals surface area contributed by atoms with Crippen molar-refractivity contribution >= 4 is 11.3 Å². The van der Waals surface area contributed by atoms with Crippen LogP contribution in [0.4, 0.5) is 0 Å². The zero-order valence-electron chi connectivity index (χ0n) is 10.8. The molecule has 0 saturated heterocycles. The minimum atomic E-state index is 0.445. The van der Waals surface area contributed by atoms with Crippen molar-refractivity contribution in [1.29, 1.82) is 0 Å². The minimum absolute atomic E-state index is 0.445. The molecule has 1 heterocycles. The van der Waals surface area contributed by atoms with E-state index in [0.29, 0.717) is 11.5 Å². The van der Waals surface area contributed by atoms with Crippen LogP contribution < -0.4 is 5.32 Å². The Balaban J connectivity index is 2.21. The van der Waals surface area contributed by atoms with Gasteiger partial charge in [-0.05, 0) is 35.7 Å². The largest absolute Gasteiger partial charge is 0.313 e. The average Bonchev–Trinajstić information content (AvgIpc) is 2.78. The molecule has 1 saturated carbocycles. The second-order valence-electron chi connectivity index (χ2n) is 5.25. The van der Waals surface area contributed by atoms with E-state index in [4.69, 9.17) is 0 Å². The minimum Gasteiger partial charge on any atom is -0.313 e. The highest BCUT2D eigenvalue weighted by Crippen LogP contribution is 2.59. The van der Waals surface area contributed by atoms with E-state index in [1.807, 2.05) is 11.3 Å². The van der Waals surface area contributed by atoms with Gasteiger partial charge in [0.1, 0.15) is 0 Å². The lowest BCUT2D eigenvalue weighted by atomic mass is 9.50. The van der Waals surface area contributed by atoms with E-state index in [9.17, 15) is 0 Å². The van der Waals surface area contributed by atoms with Gasteiger partial charge in [0.05, 0.1) is 0 Å². The number of nitrogens with one attached hydrogen (secondary N) is 1. The first-order valence-corrected chi connectivity index (χ1v) is 7.29. The Morgan fingerprint density at radius 2 is 2.19 bits per heavy atom. The Morgan fingerprint density at radius 3 is 2.69 bits per heavy atom. The van der Waals surface area contributed by atoms with Crippen LogP contribution in [0.3, 0.4) is 0 Å². The van der Waals surface area contributed by atoms with Gasteiger partial charge >= 0.3 is 0 Å². The topological polar surface area (TPSA) is 12.0 Å². The summed E-state index contributed by atoms with van der Waals surface area (Å²) in [6, 6.07) is 5.18. The molecule has 90 valence electrons. The molecule has 1 aromatic rings. The van der Waals surface area contributed by atoms with Crippen molar-refractivity contribution in [2.75, 3.05) is 6.54 Å². The molecule has 4 unspecified atom stereocenters. The van der Waals surface area contributed by atoms with Gasteiger partial charge < -0.3 is 5.32 Å². The van der Waals surface area contributed by atoms with Crippen molar-refractivity contribution in [1.82, 2.24) is 5.32 Å². The van der Waals surface area contributed by atoms with Gasteiger partial charge in [-0.25, -0.2) is 0 Å². The van der Waals surface area contributed by atoms with Gasteiger partial charge in [-0.1, -0.05) is 33.8 Å². The van der Waals surface area contributed by atoms with Gasteiger partial charge in [0.15, 0.2) is 0 Å². The summed E-state index contributed by atoms with van der Waals surface area (Å²) >= 11 is 1.92. The van der Waals surface area contributed by atoms with Crippen molar-refractivity contribution in [2.24, 2.45) is 11.3 Å². The number of rotatable bonds is 4. The van der Waals surface area contributed by atoms with Crippen LogP contribution in [-0.2, 0) is 0 Å². The van der Waals surface area contributed by atoms with Crippen LogP contribution in [0.2, 0.25) is 0 Å². The summed E-state index contributed by atoms with van der Waals surface area (Å²) in [6.45, 7) is 10.5. The Kier molecular flexibility index (Phi) is 3.41. The van der Waals surface area contributed by atoms with Crippen molar-refractivity contribution in [3.05, 3.63) is 22.4 Å². The lowest BCUT2D eigenvalue weighted by Gasteiger charge is -2.59. The molecule has 1 N–H and O–H groups in total. The second kappa shape index (κ2) is 4.50. The van der Waals surface area contributed by atoms with Gasteiger partial charge in [-0.15, -0.1) is 11.3 Å². The highest BCUT2D eigenvalue weighted by atomic mass is 32.1. The van der Waals surface area contributed by atoms with E-state index >= 15 is 0 Å². The molecule has 2 rings (SSSR count). The van der Waals surface area contributed by atoms with E-state index in [-0.39, 0.29) is 0 Å². The Bertz CT molecular complexity index is 333. The van der Waals surface area contributed by atoms with Crippen LogP contribution in [0, 0.1) is 11.3 Å². The lowest BCUT2D eigenvalue weighted by molar-refractivity contribution is -0.0168. The van der Waals surface area contributed by atoms with Crippen molar-refractivity contribution < 1.29 is 0 Å². The zero-order valence-corrected chi connectivity index (χ0v) is 11.6. The van der Waals surface area contributed by atoms with Crippen LogP contribution >= 0.6 is 11.3 Å². The molecule has 2 heteroatoms. The highest BCUT2D eigenvalue weighted by molar-refractivity contribution is 7.10. The van der Waals surface area contributed by atoms with Crippen molar-refractivity contribution in [3.63, 3.8) is 0 Å². The van der Waals surface area contributed by atoms with Crippen LogP contribution in [0.1, 0.15) is 44.9 Å². The Labute approximate surface area is 103 Å². The molecular weight excluding hydrogens is 214 g/mol. The monoisotopic (exact) mass is 237 g/mol. The summed E-state index contributed by atoms with van der Waals surface area (Å²) in [5.41, 5.74) is 0.445. The average molecular weight is 237 g/mol. The summed E-state index contributed by atoms with van der Waals surface area (Å²) in [4.78, 5) is 1.58. The number of thiophene rings is 1. The van der Waals surface area contributed by atoms with E-state index in [1.54, 1.807) is 4.88 Å². The molecular formula is C14H23NS. The fourth-order valence-corrected chi connectivity index (χ4v) is 4.70. The van der Waals surface area contributed by atoms with Crippen molar-refractivity contribution in [2.45, 2.75) is 46.1 Å². The quantitative estimate of drug-likeness (QED) is 0.838. The van der Waals surface area contributed by atoms with Crippen molar-refractivity contribution in [3.8, 4) is 0 Å². The van der Waals surface area contributed by atoms with E-state index in [0.717, 1.165) is 18.4 Å². The maximum absolute atomic E-state index is 3.67. The Hall–Kier alpha value is -0.340. The molecule has 16 heavy (non-hydrogen) atoms. The third-order valence-corrected chi connectivity index (χ3v) is 5.46. The molecule has 0 aliphatic heterocycles. The van der Waals surface area contributed by atoms with Crippen LogP contribution in [-0.4, -0.2) is 12.6 Å². The van der Waals surface area contributed by atoms with Gasteiger partial charge in [0, 0.05) is 16.8 Å². The van der Waals surface area contributed by atoms with Gasteiger partial charge in [0.2, 0.25) is 0 Å². The summed E-state index contributed by atoms with van der Waals surface area (Å²) in [5.74, 6) is 1.52. The Morgan fingerprint density at radius 1 is 1.44 bits per heavy atom. The molecule has 0 amide bonds. The summed E-state index contributed by atoms with van der Waals surface area (Å²) in [6.07, 6.45) is 1.26. The number of hydrogen-bond donors (Lipinski definition) is 1. The molecule has 0 bridgehead atoms. The fraction of sp³-hybridized carbons (Fsp3) is 0.714. The second-order valence-corrected chi connectivity index (χ2v) is 6.23. The zero-order chi connectivity index (χ0) is 11.8. The van der Waals surface area contributed by atoms with Crippen LogP contribution in [0.5, 0.6) is 0 Å². The highest BCUT2D eigenvalue weighted by Gasteiger charge is 2.56. The summed E-state index contributed by atoms with van der Waals surface area (Å²) in [5, 5.41) is 5.88. The lowest BCUT2D eigenvalue weighted by Crippen LogP contribution is -2.62. The maximum atomic E-state index is 3.67. The fourth-order valence-electron chi connectivity index (χ4n) is 3.60.